The zero-order chi connectivity index (χ0) is 14.8. The molecule has 1 aliphatic heterocycles. The average molecular weight is 277 g/mol. The molecule has 0 unspecified atom stereocenters. The summed E-state index contributed by atoms with van der Waals surface area (Å²) in [4.78, 5) is 14.1. The van der Waals surface area contributed by atoms with Gasteiger partial charge >= 0.3 is 0 Å². The number of amides is 1. The molecule has 4 nitrogen and oxygen atoms in total. The second kappa shape index (κ2) is 5.39. The summed E-state index contributed by atoms with van der Waals surface area (Å²) in [5.74, 6) is -0.0696. The molecule has 21 heavy (non-hydrogen) atoms. The molecule has 0 atom stereocenters. The summed E-state index contributed by atoms with van der Waals surface area (Å²) in [6.45, 7) is 1.67. The average Bonchev–Trinajstić information content (AvgIpc) is 3.01. The molecule has 1 aliphatic rings. The van der Waals surface area contributed by atoms with Crippen molar-refractivity contribution in [3.63, 3.8) is 0 Å². The van der Waals surface area contributed by atoms with Crippen LogP contribution in [-0.4, -0.2) is 13.0 Å². The van der Waals surface area contributed by atoms with Gasteiger partial charge in [-0.1, -0.05) is 12.1 Å². The highest BCUT2D eigenvalue weighted by Gasteiger charge is 2.17. The van der Waals surface area contributed by atoms with E-state index in [1.807, 2.05) is 24.3 Å². The van der Waals surface area contributed by atoms with Gasteiger partial charge in [0.2, 0.25) is 0 Å². The lowest BCUT2D eigenvalue weighted by Crippen LogP contribution is -2.26. The van der Waals surface area contributed by atoms with Gasteiger partial charge in [-0.15, -0.1) is 0 Å². The Morgan fingerprint density at radius 3 is 2.81 bits per heavy atom. The number of anilines is 1. The van der Waals surface area contributed by atoms with Crippen LogP contribution < -0.4 is 10.2 Å². The third-order valence-electron chi connectivity index (χ3n) is 3.75. The van der Waals surface area contributed by atoms with E-state index in [0.717, 1.165) is 18.8 Å². The minimum atomic E-state index is -0.0696. The second-order valence-electron chi connectivity index (χ2n) is 5.11. The molecule has 0 fully saturated rings. The molecule has 1 heterocycles. The second-order valence-corrected chi connectivity index (χ2v) is 5.11. The van der Waals surface area contributed by atoms with Crippen LogP contribution in [0.2, 0.25) is 0 Å². The summed E-state index contributed by atoms with van der Waals surface area (Å²) in [7, 11) is 1.73. The lowest BCUT2D eigenvalue weighted by atomic mass is 10.1. The number of rotatable bonds is 2. The molecule has 4 heteroatoms. The van der Waals surface area contributed by atoms with Crippen molar-refractivity contribution < 1.29 is 4.79 Å². The number of carbonyl (C=O) groups excluding carboxylic acids is 1. The van der Waals surface area contributed by atoms with Crippen LogP contribution in [0.15, 0.2) is 42.5 Å². The van der Waals surface area contributed by atoms with E-state index in [2.05, 4.69) is 11.4 Å². The van der Waals surface area contributed by atoms with Crippen molar-refractivity contribution in [1.82, 2.24) is 5.32 Å². The van der Waals surface area contributed by atoms with Gasteiger partial charge in [0.15, 0.2) is 0 Å². The largest absolute Gasteiger partial charge is 0.311 e. The molecule has 2 aromatic rings. The third-order valence-corrected chi connectivity index (χ3v) is 3.75. The standard InChI is InChI=1S/C17H15N3O/c1-20(16-4-2-3-12(7-16)9-18)17(21)13-5-6-14-10-19-11-15(14)8-13/h2-8,19H,10-11H2,1H3. The minimum absolute atomic E-state index is 0.0696. The first kappa shape index (κ1) is 13.3. The van der Waals surface area contributed by atoms with Crippen molar-refractivity contribution in [2.45, 2.75) is 13.1 Å². The van der Waals surface area contributed by atoms with E-state index in [1.165, 1.54) is 11.1 Å². The third kappa shape index (κ3) is 2.51. The monoisotopic (exact) mass is 277 g/mol. The Balaban J connectivity index is 1.89. The molecule has 0 radical (unpaired) electrons. The highest BCUT2D eigenvalue weighted by Crippen LogP contribution is 2.21. The van der Waals surface area contributed by atoms with E-state index in [-0.39, 0.29) is 5.91 Å². The van der Waals surface area contributed by atoms with Crippen LogP contribution in [0.1, 0.15) is 27.0 Å². The highest BCUT2D eigenvalue weighted by atomic mass is 16.2. The summed E-state index contributed by atoms with van der Waals surface area (Å²) in [5.41, 5.74) is 4.37. The lowest BCUT2D eigenvalue weighted by molar-refractivity contribution is 0.0993. The van der Waals surface area contributed by atoms with Gasteiger partial charge in [0.25, 0.3) is 5.91 Å². The Hall–Kier alpha value is -2.64. The molecular weight excluding hydrogens is 262 g/mol. The summed E-state index contributed by atoms with van der Waals surface area (Å²) in [6, 6.07) is 14.9. The van der Waals surface area contributed by atoms with Crippen molar-refractivity contribution >= 4 is 11.6 Å². The van der Waals surface area contributed by atoms with Gasteiger partial charge in [-0.05, 0) is 41.5 Å². The zero-order valence-electron chi connectivity index (χ0n) is 11.8. The minimum Gasteiger partial charge on any atom is -0.311 e. The van der Waals surface area contributed by atoms with Gasteiger partial charge in [0.1, 0.15) is 0 Å². The highest BCUT2D eigenvalue weighted by molar-refractivity contribution is 6.06. The van der Waals surface area contributed by atoms with Gasteiger partial charge < -0.3 is 10.2 Å². The van der Waals surface area contributed by atoms with E-state index in [0.29, 0.717) is 11.1 Å². The van der Waals surface area contributed by atoms with Crippen LogP contribution in [-0.2, 0) is 13.1 Å². The summed E-state index contributed by atoms with van der Waals surface area (Å²) in [5, 5.41) is 12.2. The number of hydrogen-bond acceptors (Lipinski definition) is 3. The Morgan fingerprint density at radius 2 is 2.00 bits per heavy atom. The number of nitrogens with one attached hydrogen (secondary N) is 1. The van der Waals surface area contributed by atoms with Crippen molar-refractivity contribution in [2.75, 3.05) is 11.9 Å². The van der Waals surface area contributed by atoms with Gasteiger partial charge in [0, 0.05) is 31.4 Å². The molecule has 2 aromatic carbocycles. The molecule has 3 rings (SSSR count). The van der Waals surface area contributed by atoms with Gasteiger partial charge in [-0.2, -0.15) is 5.26 Å². The number of nitriles is 1. The fourth-order valence-corrected chi connectivity index (χ4v) is 2.52. The molecular formula is C17H15N3O. The van der Waals surface area contributed by atoms with Crippen LogP contribution in [0.25, 0.3) is 0 Å². The number of hydrogen-bond donors (Lipinski definition) is 1. The molecule has 0 aromatic heterocycles. The Labute approximate surface area is 123 Å². The Bertz CT molecular complexity index is 746. The molecule has 0 aliphatic carbocycles. The van der Waals surface area contributed by atoms with Gasteiger partial charge in [-0.25, -0.2) is 0 Å². The smallest absolute Gasteiger partial charge is 0.258 e. The van der Waals surface area contributed by atoms with Crippen molar-refractivity contribution in [3.05, 3.63) is 64.7 Å². The zero-order valence-corrected chi connectivity index (χ0v) is 11.8. The quantitative estimate of drug-likeness (QED) is 0.917. The normalized spacial score (nSPS) is 12.6. The van der Waals surface area contributed by atoms with Gasteiger partial charge in [0.05, 0.1) is 11.6 Å². The van der Waals surface area contributed by atoms with Crippen LogP contribution in [0.3, 0.4) is 0 Å². The molecule has 0 saturated carbocycles. The molecule has 0 saturated heterocycles. The van der Waals surface area contributed by atoms with E-state index in [1.54, 1.807) is 30.1 Å². The number of benzene rings is 2. The van der Waals surface area contributed by atoms with Crippen molar-refractivity contribution in [1.29, 1.82) is 5.26 Å². The fraction of sp³-hybridized carbons (Fsp3) is 0.176. The van der Waals surface area contributed by atoms with E-state index in [4.69, 9.17) is 5.26 Å². The molecule has 0 bridgehead atoms. The SMILES string of the molecule is CN(C(=O)c1ccc2c(c1)CNC2)c1cccc(C#N)c1. The maximum atomic E-state index is 12.6. The van der Waals surface area contributed by atoms with Crippen LogP contribution in [0.5, 0.6) is 0 Å². The maximum absolute atomic E-state index is 12.6. The van der Waals surface area contributed by atoms with Crippen LogP contribution in [0, 0.1) is 11.3 Å². The van der Waals surface area contributed by atoms with Gasteiger partial charge in [-0.3, -0.25) is 4.79 Å². The Morgan fingerprint density at radius 1 is 1.19 bits per heavy atom. The van der Waals surface area contributed by atoms with E-state index < -0.39 is 0 Å². The molecule has 1 N–H and O–H groups in total. The predicted octanol–water partition coefficient (Wildman–Crippen LogP) is 2.44. The lowest BCUT2D eigenvalue weighted by Gasteiger charge is -2.18. The van der Waals surface area contributed by atoms with Crippen molar-refractivity contribution in [3.8, 4) is 6.07 Å². The summed E-state index contributed by atoms with van der Waals surface area (Å²) in [6.07, 6.45) is 0. The fourth-order valence-electron chi connectivity index (χ4n) is 2.52. The summed E-state index contributed by atoms with van der Waals surface area (Å²) >= 11 is 0. The van der Waals surface area contributed by atoms with E-state index >= 15 is 0 Å². The maximum Gasteiger partial charge on any atom is 0.258 e. The molecule has 0 spiro atoms. The number of fused-ring (bicyclic) bond motifs is 1. The first-order valence-electron chi connectivity index (χ1n) is 6.80. The predicted molar refractivity (Wildman–Crippen MR) is 80.9 cm³/mol. The van der Waals surface area contributed by atoms with Crippen LogP contribution in [0.4, 0.5) is 5.69 Å². The van der Waals surface area contributed by atoms with E-state index in [9.17, 15) is 4.79 Å². The first-order chi connectivity index (χ1) is 10.2. The molecule has 104 valence electrons. The summed E-state index contributed by atoms with van der Waals surface area (Å²) < 4.78 is 0. The first-order valence-corrected chi connectivity index (χ1v) is 6.80. The molecule has 1 amide bonds. The number of nitrogens with zero attached hydrogens (tertiary/aromatic N) is 2. The Kier molecular flexibility index (Phi) is 3.43. The number of carbonyl (C=O) groups is 1. The van der Waals surface area contributed by atoms with Crippen molar-refractivity contribution in [2.24, 2.45) is 0 Å². The topological polar surface area (TPSA) is 56.1 Å². The van der Waals surface area contributed by atoms with Crippen LogP contribution >= 0.6 is 0 Å².